The van der Waals surface area contributed by atoms with Gasteiger partial charge in [-0.15, -0.1) is 0 Å². The highest BCUT2D eigenvalue weighted by Gasteiger charge is 2.21. The molecule has 1 heterocycles. The maximum atomic E-state index is 11.3. The number of non-ortho nitro benzene ring substituents is 1. The molecular formula is C12H14N4O3. The summed E-state index contributed by atoms with van der Waals surface area (Å²) in [4.78, 5) is 23.0. The molecule has 2 rings (SSSR count). The lowest BCUT2D eigenvalue weighted by Gasteiger charge is -2.14. The number of hydrogen-bond donors (Lipinski definition) is 0. The van der Waals surface area contributed by atoms with Crippen LogP contribution >= 0.6 is 0 Å². The molecule has 1 aliphatic rings. The zero-order valence-corrected chi connectivity index (χ0v) is 10.7. The number of hydrazone groups is 1. The molecule has 1 aliphatic heterocycles. The van der Waals surface area contributed by atoms with Crippen LogP contribution in [0.1, 0.15) is 13.3 Å². The van der Waals surface area contributed by atoms with Crippen molar-refractivity contribution in [3.8, 4) is 0 Å². The van der Waals surface area contributed by atoms with Crippen molar-refractivity contribution in [1.82, 2.24) is 4.90 Å². The molecule has 0 radical (unpaired) electrons. The molecule has 0 aromatic heterocycles. The van der Waals surface area contributed by atoms with Crippen molar-refractivity contribution in [1.29, 1.82) is 0 Å². The monoisotopic (exact) mass is 262 g/mol. The first-order chi connectivity index (χ1) is 8.99. The highest BCUT2D eigenvalue weighted by molar-refractivity contribution is 5.98. The normalized spacial score (nSPS) is 14.2. The fourth-order valence-electron chi connectivity index (χ4n) is 1.82. The van der Waals surface area contributed by atoms with E-state index in [0.717, 1.165) is 0 Å². The van der Waals surface area contributed by atoms with Gasteiger partial charge in [-0.3, -0.25) is 19.9 Å². The van der Waals surface area contributed by atoms with Crippen molar-refractivity contribution in [3.63, 3.8) is 0 Å². The lowest BCUT2D eigenvalue weighted by atomic mass is 10.2. The predicted molar refractivity (Wildman–Crippen MR) is 70.9 cm³/mol. The Hall–Kier alpha value is -2.44. The number of anilines is 1. The van der Waals surface area contributed by atoms with Crippen LogP contribution in [-0.4, -0.2) is 35.2 Å². The van der Waals surface area contributed by atoms with Gasteiger partial charge in [0.05, 0.1) is 10.6 Å². The second-order valence-corrected chi connectivity index (χ2v) is 4.24. The summed E-state index contributed by atoms with van der Waals surface area (Å²) in [5, 5.41) is 16.7. The number of nitro benzene ring substituents is 1. The first-order valence-corrected chi connectivity index (χ1v) is 5.83. The van der Waals surface area contributed by atoms with E-state index in [1.807, 2.05) is 0 Å². The number of amides is 1. The minimum atomic E-state index is -0.439. The Kier molecular flexibility index (Phi) is 3.46. The molecule has 1 aromatic rings. The van der Waals surface area contributed by atoms with E-state index in [1.54, 1.807) is 24.2 Å². The van der Waals surface area contributed by atoms with Crippen molar-refractivity contribution in [2.24, 2.45) is 5.10 Å². The van der Waals surface area contributed by atoms with Crippen molar-refractivity contribution in [2.45, 2.75) is 13.3 Å². The SMILES string of the molecule is CC(=O)N(C)C1=NN(c2cccc([N+](=O)[O-])c2)CC1. The summed E-state index contributed by atoms with van der Waals surface area (Å²) in [7, 11) is 1.66. The lowest BCUT2D eigenvalue weighted by Crippen LogP contribution is -2.29. The number of carbonyl (C=O) groups is 1. The Morgan fingerprint density at radius 2 is 2.26 bits per heavy atom. The summed E-state index contributed by atoms with van der Waals surface area (Å²) < 4.78 is 0. The largest absolute Gasteiger partial charge is 0.302 e. The molecule has 1 aromatic carbocycles. The van der Waals surface area contributed by atoms with Gasteiger partial charge in [-0.25, -0.2) is 0 Å². The van der Waals surface area contributed by atoms with Crippen molar-refractivity contribution < 1.29 is 9.72 Å². The van der Waals surface area contributed by atoms with E-state index in [0.29, 0.717) is 24.5 Å². The van der Waals surface area contributed by atoms with E-state index < -0.39 is 4.92 Å². The number of benzene rings is 1. The quantitative estimate of drug-likeness (QED) is 0.599. The van der Waals surface area contributed by atoms with Gasteiger partial charge in [-0.2, -0.15) is 5.10 Å². The first-order valence-electron chi connectivity index (χ1n) is 5.83. The molecule has 0 unspecified atom stereocenters. The van der Waals surface area contributed by atoms with Gasteiger partial charge in [-0.1, -0.05) is 6.07 Å². The minimum absolute atomic E-state index is 0.0288. The molecule has 0 saturated carbocycles. The molecule has 0 N–H and O–H groups in total. The lowest BCUT2D eigenvalue weighted by molar-refractivity contribution is -0.384. The van der Waals surface area contributed by atoms with E-state index >= 15 is 0 Å². The molecule has 0 atom stereocenters. The van der Waals surface area contributed by atoms with E-state index in [9.17, 15) is 14.9 Å². The fraction of sp³-hybridized carbons (Fsp3) is 0.333. The number of hydrogen-bond acceptors (Lipinski definition) is 5. The maximum Gasteiger partial charge on any atom is 0.271 e. The molecule has 1 amide bonds. The van der Waals surface area contributed by atoms with Gasteiger partial charge < -0.3 is 4.90 Å². The summed E-state index contributed by atoms with van der Waals surface area (Å²) >= 11 is 0. The van der Waals surface area contributed by atoms with Crippen LogP contribution < -0.4 is 5.01 Å². The number of nitrogens with zero attached hydrogens (tertiary/aromatic N) is 4. The first kappa shape index (κ1) is 13.0. The molecule has 7 heteroatoms. The van der Waals surface area contributed by atoms with Crippen LogP contribution in [0.15, 0.2) is 29.4 Å². The van der Waals surface area contributed by atoms with E-state index in [4.69, 9.17) is 0 Å². The van der Waals surface area contributed by atoms with Gasteiger partial charge >= 0.3 is 0 Å². The van der Waals surface area contributed by atoms with E-state index in [-0.39, 0.29) is 11.6 Å². The van der Waals surface area contributed by atoms with Crippen LogP contribution in [-0.2, 0) is 4.79 Å². The summed E-state index contributed by atoms with van der Waals surface area (Å²) in [5.74, 6) is 0.582. The van der Waals surface area contributed by atoms with Gasteiger partial charge in [0.15, 0.2) is 0 Å². The van der Waals surface area contributed by atoms with Crippen molar-refractivity contribution in [2.75, 3.05) is 18.6 Å². The summed E-state index contributed by atoms with van der Waals surface area (Å²) in [5.41, 5.74) is 0.683. The van der Waals surface area contributed by atoms with Crippen LogP contribution in [0.25, 0.3) is 0 Å². The summed E-state index contributed by atoms with van der Waals surface area (Å²) in [6.45, 7) is 2.08. The highest BCUT2D eigenvalue weighted by atomic mass is 16.6. The van der Waals surface area contributed by atoms with Gasteiger partial charge in [0, 0.05) is 39.1 Å². The van der Waals surface area contributed by atoms with Gasteiger partial charge in [-0.05, 0) is 6.07 Å². The van der Waals surface area contributed by atoms with E-state index in [1.165, 1.54) is 24.0 Å². The third-order valence-corrected chi connectivity index (χ3v) is 2.98. The Labute approximate surface area is 110 Å². The third-order valence-electron chi connectivity index (χ3n) is 2.98. The second-order valence-electron chi connectivity index (χ2n) is 4.24. The average molecular weight is 262 g/mol. The number of rotatable bonds is 2. The molecule has 0 aliphatic carbocycles. The van der Waals surface area contributed by atoms with Crippen LogP contribution in [0, 0.1) is 10.1 Å². The van der Waals surface area contributed by atoms with Crippen LogP contribution in [0.2, 0.25) is 0 Å². The molecule has 19 heavy (non-hydrogen) atoms. The zero-order chi connectivity index (χ0) is 14.0. The molecule has 0 saturated heterocycles. The van der Waals surface area contributed by atoms with Gasteiger partial charge in [0.25, 0.3) is 5.69 Å². The summed E-state index contributed by atoms with van der Waals surface area (Å²) in [6.07, 6.45) is 0.638. The summed E-state index contributed by atoms with van der Waals surface area (Å²) in [6, 6.07) is 6.29. The maximum absolute atomic E-state index is 11.3. The second kappa shape index (κ2) is 5.05. The molecule has 100 valence electrons. The molecular weight excluding hydrogens is 248 g/mol. The van der Waals surface area contributed by atoms with Crippen LogP contribution in [0.4, 0.5) is 11.4 Å². The Morgan fingerprint density at radius 3 is 2.89 bits per heavy atom. The smallest absolute Gasteiger partial charge is 0.271 e. The molecule has 0 spiro atoms. The van der Waals surface area contributed by atoms with Gasteiger partial charge in [0.1, 0.15) is 5.84 Å². The Morgan fingerprint density at radius 1 is 1.53 bits per heavy atom. The molecule has 7 nitrogen and oxygen atoms in total. The van der Waals surface area contributed by atoms with Crippen LogP contribution in [0.5, 0.6) is 0 Å². The van der Waals surface area contributed by atoms with E-state index in [2.05, 4.69) is 5.10 Å². The number of amidine groups is 1. The topological polar surface area (TPSA) is 79.0 Å². The van der Waals surface area contributed by atoms with Crippen molar-refractivity contribution >= 4 is 23.1 Å². The zero-order valence-electron chi connectivity index (χ0n) is 10.7. The fourth-order valence-corrected chi connectivity index (χ4v) is 1.82. The molecule has 0 fully saturated rings. The number of carbonyl (C=O) groups excluding carboxylic acids is 1. The molecule has 0 bridgehead atoms. The minimum Gasteiger partial charge on any atom is -0.302 e. The predicted octanol–water partition coefficient (Wildman–Crippen LogP) is 1.60. The van der Waals surface area contributed by atoms with Crippen LogP contribution in [0.3, 0.4) is 0 Å². The standard InChI is InChI=1S/C12H14N4O3/c1-9(17)14(2)12-6-7-15(13-12)10-4-3-5-11(8-10)16(18)19/h3-5,8H,6-7H2,1-2H3. The number of nitro groups is 1. The third kappa shape index (κ3) is 2.70. The van der Waals surface area contributed by atoms with Crippen molar-refractivity contribution in [3.05, 3.63) is 34.4 Å². The van der Waals surface area contributed by atoms with Gasteiger partial charge in [0.2, 0.25) is 5.91 Å². The Balaban J connectivity index is 2.22. The Bertz CT molecular complexity index is 556. The highest BCUT2D eigenvalue weighted by Crippen LogP contribution is 2.24. The average Bonchev–Trinajstić information content (AvgIpc) is 2.87.